The van der Waals surface area contributed by atoms with Crippen LogP contribution in [0.25, 0.3) is 10.8 Å². The van der Waals surface area contributed by atoms with Crippen molar-refractivity contribution in [2.45, 2.75) is 38.8 Å². The second-order valence-corrected chi connectivity index (χ2v) is 7.53. The number of carbonyl (C=O) groups is 2. The third-order valence-electron chi connectivity index (χ3n) is 5.43. The monoisotopic (exact) mass is 368 g/mol. The van der Waals surface area contributed by atoms with E-state index < -0.39 is 6.04 Å². The Kier molecular flexibility index (Phi) is 5.65. The molecule has 0 aliphatic carbocycles. The number of hydrogen-bond donors (Lipinski definition) is 3. The van der Waals surface area contributed by atoms with Crippen molar-refractivity contribution >= 4 is 28.3 Å². The molecular weight excluding hydrogens is 340 g/mol. The first-order chi connectivity index (χ1) is 12.8. The zero-order valence-electron chi connectivity index (χ0n) is 15.9. The Bertz CT molecular complexity index is 841. The van der Waals surface area contributed by atoms with Gasteiger partial charge in [0.05, 0.1) is 6.04 Å². The predicted octanol–water partition coefficient (Wildman–Crippen LogP) is 2.13. The zero-order chi connectivity index (χ0) is 19.6. The van der Waals surface area contributed by atoms with Crippen LogP contribution in [0.4, 0.5) is 5.69 Å². The first-order valence-corrected chi connectivity index (χ1v) is 9.49. The number of nitrogen functional groups attached to an aromatic ring is 1. The van der Waals surface area contributed by atoms with Gasteiger partial charge in [-0.25, -0.2) is 0 Å². The Morgan fingerprint density at radius 3 is 2.37 bits per heavy atom. The van der Waals surface area contributed by atoms with Crippen molar-refractivity contribution in [3.8, 4) is 0 Å². The van der Waals surface area contributed by atoms with Gasteiger partial charge in [0, 0.05) is 30.4 Å². The van der Waals surface area contributed by atoms with Crippen LogP contribution in [0.2, 0.25) is 0 Å². The maximum absolute atomic E-state index is 12.7. The molecule has 27 heavy (non-hydrogen) atoms. The van der Waals surface area contributed by atoms with Crippen LogP contribution in [0.15, 0.2) is 36.4 Å². The normalized spacial score (nSPS) is 17.5. The molecule has 0 spiro atoms. The number of nitrogens with two attached hydrogens (primary N) is 2. The van der Waals surface area contributed by atoms with Gasteiger partial charge in [0.2, 0.25) is 5.91 Å². The van der Waals surface area contributed by atoms with Gasteiger partial charge in [0.25, 0.3) is 5.91 Å². The summed E-state index contributed by atoms with van der Waals surface area (Å²) < 4.78 is 0. The Balaban J connectivity index is 1.59. The van der Waals surface area contributed by atoms with Gasteiger partial charge in [-0.1, -0.05) is 12.1 Å². The van der Waals surface area contributed by atoms with E-state index in [9.17, 15) is 9.59 Å². The van der Waals surface area contributed by atoms with E-state index in [0.29, 0.717) is 30.3 Å². The molecule has 1 aliphatic heterocycles. The molecule has 1 fully saturated rings. The van der Waals surface area contributed by atoms with Gasteiger partial charge in [0.1, 0.15) is 0 Å². The second-order valence-electron chi connectivity index (χ2n) is 7.53. The number of hydrogen-bond acceptors (Lipinski definition) is 4. The summed E-state index contributed by atoms with van der Waals surface area (Å²) in [6.45, 7) is 5.15. The summed E-state index contributed by atoms with van der Waals surface area (Å²) in [5.74, 6) is 0.281. The summed E-state index contributed by atoms with van der Waals surface area (Å²) in [6, 6.07) is 10.9. The highest BCUT2D eigenvalue weighted by Gasteiger charge is 2.28. The number of anilines is 1. The lowest BCUT2D eigenvalue weighted by molar-refractivity contribution is -0.133. The fourth-order valence-corrected chi connectivity index (χ4v) is 3.72. The van der Waals surface area contributed by atoms with E-state index >= 15 is 0 Å². The Labute approximate surface area is 159 Å². The van der Waals surface area contributed by atoms with Crippen LogP contribution in [0.3, 0.4) is 0 Å². The van der Waals surface area contributed by atoms with Crippen molar-refractivity contribution in [1.29, 1.82) is 0 Å². The third kappa shape index (κ3) is 4.39. The number of nitrogens with zero attached hydrogens (tertiary/aromatic N) is 1. The molecule has 6 heteroatoms. The van der Waals surface area contributed by atoms with E-state index in [1.54, 1.807) is 6.92 Å². The molecule has 2 atom stereocenters. The predicted molar refractivity (Wildman–Crippen MR) is 108 cm³/mol. The molecular formula is C21H28N4O2. The smallest absolute Gasteiger partial charge is 0.251 e. The summed E-state index contributed by atoms with van der Waals surface area (Å²) in [5.41, 5.74) is 12.8. The Morgan fingerprint density at radius 2 is 1.70 bits per heavy atom. The number of fused-ring (bicyclic) bond motifs is 1. The third-order valence-corrected chi connectivity index (χ3v) is 5.43. The number of benzene rings is 2. The highest BCUT2D eigenvalue weighted by atomic mass is 16.2. The van der Waals surface area contributed by atoms with Crippen LogP contribution in [0, 0.1) is 5.92 Å². The van der Waals surface area contributed by atoms with E-state index in [0.717, 1.165) is 23.6 Å². The molecule has 0 bridgehead atoms. The van der Waals surface area contributed by atoms with Crippen molar-refractivity contribution in [1.82, 2.24) is 10.2 Å². The van der Waals surface area contributed by atoms with Gasteiger partial charge >= 0.3 is 0 Å². The van der Waals surface area contributed by atoms with Crippen molar-refractivity contribution in [3.05, 3.63) is 42.0 Å². The molecule has 1 unspecified atom stereocenters. The molecule has 2 aromatic rings. The van der Waals surface area contributed by atoms with Crippen molar-refractivity contribution in [2.75, 3.05) is 18.8 Å². The molecule has 144 valence electrons. The molecule has 0 radical (unpaired) electrons. The highest BCUT2D eigenvalue weighted by molar-refractivity contribution is 5.99. The topological polar surface area (TPSA) is 101 Å². The van der Waals surface area contributed by atoms with Gasteiger partial charge in [-0.15, -0.1) is 0 Å². The number of nitrogens with one attached hydrogen (secondary N) is 1. The summed E-state index contributed by atoms with van der Waals surface area (Å²) in [4.78, 5) is 26.5. The largest absolute Gasteiger partial charge is 0.399 e. The fraction of sp³-hybridized carbons (Fsp3) is 0.429. The quantitative estimate of drug-likeness (QED) is 0.720. The zero-order valence-corrected chi connectivity index (χ0v) is 15.9. The Hall–Kier alpha value is -2.60. The number of carbonyl (C=O) groups excluding carboxylic acids is 2. The highest BCUT2D eigenvalue weighted by Crippen LogP contribution is 2.22. The van der Waals surface area contributed by atoms with Gasteiger partial charge in [-0.05, 0) is 67.6 Å². The van der Waals surface area contributed by atoms with Crippen LogP contribution in [-0.2, 0) is 4.79 Å². The summed E-state index contributed by atoms with van der Waals surface area (Å²) in [5, 5.41) is 5.13. The fourth-order valence-electron chi connectivity index (χ4n) is 3.72. The number of rotatable bonds is 4. The standard InChI is InChI=1S/C21H28N4O2/c1-13(22)21(27)25-9-7-15(8-10-25)14(2)24-20(26)18-4-3-17-12-19(23)6-5-16(17)11-18/h3-6,11-15H,7-10,22-23H2,1-2H3,(H,24,26)/t13-,14?/m0/s1. The molecule has 0 saturated carbocycles. The minimum atomic E-state index is -0.457. The maximum Gasteiger partial charge on any atom is 0.251 e. The molecule has 6 nitrogen and oxygen atoms in total. The summed E-state index contributed by atoms with van der Waals surface area (Å²) in [7, 11) is 0. The first kappa shape index (κ1) is 19.2. The lowest BCUT2D eigenvalue weighted by atomic mass is 9.90. The summed E-state index contributed by atoms with van der Waals surface area (Å²) in [6.07, 6.45) is 1.74. The second kappa shape index (κ2) is 7.96. The van der Waals surface area contributed by atoms with E-state index in [4.69, 9.17) is 11.5 Å². The minimum Gasteiger partial charge on any atom is -0.399 e. The minimum absolute atomic E-state index is 0.00180. The molecule has 2 aromatic carbocycles. The summed E-state index contributed by atoms with van der Waals surface area (Å²) >= 11 is 0. The molecule has 3 rings (SSSR count). The van der Waals surface area contributed by atoms with Crippen LogP contribution in [-0.4, -0.2) is 41.9 Å². The average molecular weight is 368 g/mol. The molecule has 5 N–H and O–H groups in total. The van der Waals surface area contributed by atoms with Gasteiger partial charge in [-0.2, -0.15) is 0 Å². The lowest BCUT2D eigenvalue weighted by Crippen LogP contribution is -2.49. The van der Waals surface area contributed by atoms with E-state index in [2.05, 4.69) is 5.32 Å². The van der Waals surface area contributed by atoms with Crippen LogP contribution in [0.1, 0.15) is 37.0 Å². The number of amides is 2. The Morgan fingerprint density at radius 1 is 1.07 bits per heavy atom. The van der Waals surface area contributed by atoms with E-state index in [1.807, 2.05) is 48.2 Å². The average Bonchev–Trinajstić information content (AvgIpc) is 2.66. The number of piperidine rings is 1. The molecule has 1 heterocycles. The van der Waals surface area contributed by atoms with Crippen molar-refractivity contribution in [2.24, 2.45) is 11.7 Å². The SMILES string of the molecule is CC(NC(=O)c1ccc2cc(N)ccc2c1)C1CCN(C(=O)[C@H](C)N)CC1. The van der Waals surface area contributed by atoms with Gasteiger partial charge < -0.3 is 21.7 Å². The van der Waals surface area contributed by atoms with E-state index in [1.165, 1.54) is 0 Å². The van der Waals surface area contributed by atoms with Crippen molar-refractivity contribution < 1.29 is 9.59 Å². The molecule has 2 amide bonds. The first-order valence-electron chi connectivity index (χ1n) is 9.49. The molecule has 0 aromatic heterocycles. The van der Waals surface area contributed by atoms with Crippen LogP contribution >= 0.6 is 0 Å². The molecule has 1 saturated heterocycles. The van der Waals surface area contributed by atoms with Gasteiger partial charge in [0.15, 0.2) is 0 Å². The van der Waals surface area contributed by atoms with Gasteiger partial charge in [-0.3, -0.25) is 9.59 Å². The van der Waals surface area contributed by atoms with Crippen LogP contribution in [0.5, 0.6) is 0 Å². The number of likely N-dealkylation sites (tertiary alicyclic amines) is 1. The lowest BCUT2D eigenvalue weighted by Gasteiger charge is -2.35. The van der Waals surface area contributed by atoms with E-state index in [-0.39, 0.29) is 17.9 Å². The molecule has 1 aliphatic rings. The maximum atomic E-state index is 12.7. The van der Waals surface area contributed by atoms with Crippen molar-refractivity contribution in [3.63, 3.8) is 0 Å². The van der Waals surface area contributed by atoms with Crippen LogP contribution < -0.4 is 16.8 Å².